The van der Waals surface area contributed by atoms with Crippen molar-refractivity contribution >= 4 is 11.4 Å². The van der Waals surface area contributed by atoms with Crippen LogP contribution in [-0.2, 0) is 0 Å². The highest BCUT2D eigenvalue weighted by molar-refractivity contribution is 5.74. The third-order valence-corrected chi connectivity index (χ3v) is 3.71. The first-order valence-corrected chi connectivity index (χ1v) is 7.07. The van der Waals surface area contributed by atoms with E-state index in [1.807, 2.05) is 18.2 Å². The van der Waals surface area contributed by atoms with Gasteiger partial charge in [0.1, 0.15) is 5.75 Å². The Labute approximate surface area is 115 Å². The number of hydrogen-bond donors (Lipinski definition) is 2. The van der Waals surface area contributed by atoms with Crippen LogP contribution in [0, 0.1) is 5.92 Å². The van der Waals surface area contributed by atoms with E-state index in [1.54, 1.807) is 0 Å². The van der Waals surface area contributed by atoms with Gasteiger partial charge in [-0.15, -0.1) is 0 Å². The zero-order chi connectivity index (χ0) is 13.8. The number of hydrogen-bond acceptors (Lipinski definition) is 4. The van der Waals surface area contributed by atoms with Gasteiger partial charge in [-0.05, 0) is 30.9 Å². The number of rotatable bonds is 4. The van der Waals surface area contributed by atoms with E-state index in [1.165, 1.54) is 0 Å². The summed E-state index contributed by atoms with van der Waals surface area (Å²) in [6, 6.07) is 5.92. The van der Waals surface area contributed by atoms with Gasteiger partial charge in [-0.2, -0.15) is 0 Å². The molecule has 1 saturated heterocycles. The molecule has 4 heteroatoms. The molecule has 19 heavy (non-hydrogen) atoms. The molecule has 3 N–H and O–H groups in total. The van der Waals surface area contributed by atoms with E-state index in [0.717, 1.165) is 37.4 Å². The van der Waals surface area contributed by atoms with Gasteiger partial charge in [0.05, 0.1) is 24.1 Å². The molecule has 106 valence electrons. The third-order valence-electron chi connectivity index (χ3n) is 3.71. The number of ether oxygens (including phenoxy) is 1. The Bertz CT molecular complexity index is 423. The Morgan fingerprint density at radius 1 is 1.47 bits per heavy atom. The molecule has 1 aromatic carbocycles. The van der Waals surface area contributed by atoms with Gasteiger partial charge in [-0.1, -0.05) is 19.9 Å². The van der Waals surface area contributed by atoms with E-state index in [0.29, 0.717) is 12.3 Å². The first-order chi connectivity index (χ1) is 9.13. The van der Waals surface area contributed by atoms with Gasteiger partial charge in [0, 0.05) is 13.1 Å². The highest BCUT2D eigenvalue weighted by Crippen LogP contribution is 2.34. The number of para-hydroxylation sites is 1. The van der Waals surface area contributed by atoms with E-state index in [-0.39, 0.29) is 12.0 Å². The molecule has 2 rings (SSSR count). The van der Waals surface area contributed by atoms with Crippen molar-refractivity contribution in [2.24, 2.45) is 5.92 Å². The molecular weight excluding hydrogens is 240 g/mol. The summed E-state index contributed by atoms with van der Waals surface area (Å²) in [6.45, 7) is 6.51. The van der Waals surface area contributed by atoms with Crippen LogP contribution in [0.2, 0.25) is 0 Å². The third kappa shape index (κ3) is 3.13. The van der Waals surface area contributed by atoms with E-state index in [4.69, 9.17) is 10.5 Å². The summed E-state index contributed by atoms with van der Waals surface area (Å²) >= 11 is 0. The Morgan fingerprint density at radius 3 is 2.95 bits per heavy atom. The van der Waals surface area contributed by atoms with Crippen molar-refractivity contribution < 1.29 is 9.84 Å². The average molecular weight is 264 g/mol. The lowest BCUT2D eigenvalue weighted by molar-refractivity contribution is 0.0971. The van der Waals surface area contributed by atoms with E-state index in [9.17, 15) is 5.11 Å². The standard InChI is InChI=1S/C15H24N2O2/c1-3-9-19-14-6-4-5-12(15(14)16)17-8-7-13(18)11(2)10-17/h4-6,11,13,18H,3,7-10,16H2,1-2H3. The first kappa shape index (κ1) is 14.0. The number of nitrogens with zero attached hydrogens (tertiary/aromatic N) is 1. The topological polar surface area (TPSA) is 58.7 Å². The first-order valence-electron chi connectivity index (χ1n) is 7.07. The van der Waals surface area contributed by atoms with Crippen LogP contribution < -0.4 is 15.4 Å². The largest absolute Gasteiger partial charge is 0.491 e. The summed E-state index contributed by atoms with van der Waals surface area (Å²) < 4.78 is 5.66. The van der Waals surface area contributed by atoms with Crippen LogP contribution in [0.3, 0.4) is 0 Å². The zero-order valence-corrected chi connectivity index (χ0v) is 11.8. The number of nitrogen functional groups attached to an aromatic ring is 1. The quantitative estimate of drug-likeness (QED) is 0.819. The van der Waals surface area contributed by atoms with Gasteiger partial charge in [0.15, 0.2) is 0 Å². The minimum Gasteiger partial charge on any atom is -0.491 e. The molecule has 0 saturated carbocycles. The number of piperidine rings is 1. The molecule has 0 aliphatic carbocycles. The lowest BCUT2D eigenvalue weighted by atomic mass is 9.96. The maximum Gasteiger partial charge on any atom is 0.144 e. The second-order valence-electron chi connectivity index (χ2n) is 5.32. The van der Waals surface area contributed by atoms with Crippen molar-refractivity contribution in [3.63, 3.8) is 0 Å². The highest BCUT2D eigenvalue weighted by atomic mass is 16.5. The maximum absolute atomic E-state index is 9.80. The van der Waals surface area contributed by atoms with Crippen molar-refractivity contribution in [3.8, 4) is 5.75 Å². The number of anilines is 2. The summed E-state index contributed by atoms with van der Waals surface area (Å²) in [6.07, 6.45) is 1.56. The zero-order valence-electron chi connectivity index (χ0n) is 11.8. The summed E-state index contributed by atoms with van der Waals surface area (Å²) in [5.74, 6) is 1.03. The van der Waals surface area contributed by atoms with E-state index in [2.05, 4.69) is 18.7 Å². The van der Waals surface area contributed by atoms with Crippen molar-refractivity contribution in [1.29, 1.82) is 0 Å². The Balaban J connectivity index is 2.16. The van der Waals surface area contributed by atoms with Crippen molar-refractivity contribution in [3.05, 3.63) is 18.2 Å². The summed E-state index contributed by atoms with van der Waals surface area (Å²) in [7, 11) is 0. The molecule has 0 radical (unpaired) electrons. The predicted molar refractivity (Wildman–Crippen MR) is 78.6 cm³/mol. The fourth-order valence-electron chi connectivity index (χ4n) is 2.50. The molecule has 0 bridgehead atoms. The highest BCUT2D eigenvalue weighted by Gasteiger charge is 2.25. The minimum absolute atomic E-state index is 0.197. The number of aliphatic hydroxyl groups excluding tert-OH is 1. The molecule has 4 nitrogen and oxygen atoms in total. The van der Waals surface area contributed by atoms with Gasteiger partial charge in [0.25, 0.3) is 0 Å². The van der Waals surface area contributed by atoms with Crippen LogP contribution in [-0.4, -0.2) is 30.9 Å². The van der Waals surface area contributed by atoms with E-state index >= 15 is 0 Å². The predicted octanol–water partition coefficient (Wildman–Crippen LogP) is 2.26. The van der Waals surface area contributed by atoms with Gasteiger partial charge in [-0.3, -0.25) is 0 Å². The van der Waals surface area contributed by atoms with Crippen molar-refractivity contribution in [2.75, 3.05) is 30.3 Å². The molecule has 2 atom stereocenters. The Hall–Kier alpha value is -1.42. The van der Waals surface area contributed by atoms with Crippen LogP contribution >= 0.6 is 0 Å². The van der Waals surface area contributed by atoms with Crippen LogP contribution in [0.25, 0.3) is 0 Å². The van der Waals surface area contributed by atoms with Gasteiger partial charge in [-0.25, -0.2) is 0 Å². The Kier molecular flexibility index (Phi) is 4.53. The molecule has 1 aromatic rings. The van der Waals surface area contributed by atoms with Crippen molar-refractivity contribution in [1.82, 2.24) is 0 Å². The normalized spacial score (nSPS) is 23.4. The molecule has 2 unspecified atom stereocenters. The lowest BCUT2D eigenvalue weighted by Crippen LogP contribution is -2.42. The summed E-state index contributed by atoms with van der Waals surface area (Å²) in [5.41, 5.74) is 7.93. The molecule has 0 spiro atoms. The number of aliphatic hydroxyl groups is 1. The van der Waals surface area contributed by atoms with Gasteiger partial charge < -0.3 is 20.5 Å². The Morgan fingerprint density at radius 2 is 2.26 bits per heavy atom. The van der Waals surface area contributed by atoms with Crippen molar-refractivity contribution in [2.45, 2.75) is 32.8 Å². The van der Waals surface area contributed by atoms with Gasteiger partial charge >= 0.3 is 0 Å². The summed E-state index contributed by atoms with van der Waals surface area (Å²) in [5, 5.41) is 9.80. The molecule has 1 aliphatic rings. The number of nitrogens with two attached hydrogens (primary N) is 1. The smallest absolute Gasteiger partial charge is 0.144 e. The average Bonchev–Trinajstić information content (AvgIpc) is 2.41. The fourth-order valence-corrected chi connectivity index (χ4v) is 2.50. The van der Waals surface area contributed by atoms with Crippen LogP contribution in [0.4, 0.5) is 11.4 Å². The summed E-state index contributed by atoms with van der Waals surface area (Å²) in [4.78, 5) is 2.24. The van der Waals surface area contributed by atoms with E-state index < -0.39 is 0 Å². The molecule has 1 heterocycles. The molecule has 0 aromatic heterocycles. The molecule has 1 fully saturated rings. The van der Waals surface area contributed by atoms with Crippen LogP contribution in [0.5, 0.6) is 5.75 Å². The second kappa shape index (κ2) is 6.15. The lowest BCUT2D eigenvalue weighted by Gasteiger charge is -2.36. The fraction of sp³-hybridized carbons (Fsp3) is 0.600. The van der Waals surface area contributed by atoms with Gasteiger partial charge in [0.2, 0.25) is 0 Å². The second-order valence-corrected chi connectivity index (χ2v) is 5.32. The maximum atomic E-state index is 9.80. The molecule has 1 aliphatic heterocycles. The monoisotopic (exact) mass is 264 g/mol. The minimum atomic E-state index is -0.197. The molecular formula is C15H24N2O2. The van der Waals surface area contributed by atoms with Crippen LogP contribution in [0.1, 0.15) is 26.7 Å². The number of benzene rings is 1. The molecule has 0 amide bonds. The van der Waals surface area contributed by atoms with Crippen LogP contribution in [0.15, 0.2) is 18.2 Å². The SMILES string of the molecule is CCCOc1cccc(N2CCC(O)C(C)C2)c1N.